The van der Waals surface area contributed by atoms with Crippen LogP contribution in [0.2, 0.25) is 5.02 Å². The number of benzene rings is 2. The van der Waals surface area contributed by atoms with Crippen molar-refractivity contribution >= 4 is 23.5 Å². The Morgan fingerprint density at radius 2 is 1.76 bits per heavy atom. The molecule has 0 bridgehead atoms. The minimum atomic E-state index is 0.662. The average Bonchev–Trinajstić information content (AvgIpc) is 2.34. The summed E-state index contributed by atoms with van der Waals surface area (Å²) in [6.45, 7) is 2.05. The van der Waals surface area contributed by atoms with Crippen molar-refractivity contribution in [3.63, 3.8) is 0 Å². The molecule has 0 saturated carbocycles. The second-order valence-corrected chi connectivity index (χ2v) is 4.11. The number of hydrazone groups is 1. The Kier molecular flexibility index (Phi) is 3.78. The molecule has 2 aromatic rings. The van der Waals surface area contributed by atoms with E-state index in [-0.39, 0.29) is 0 Å². The lowest BCUT2D eigenvalue weighted by Crippen LogP contribution is -1.92. The van der Waals surface area contributed by atoms with Crippen LogP contribution in [0.25, 0.3) is 0 Å². The fraction of sp³-hybridized carbons (Fsp3) is 0.0714. The van der Waals surface area contributed by atoms with Gasteiger partial charge in [-0.25, -0.2) is 0 Å². The first-order valence-electron chi connectivity index (χ1n) is 5.36. The van der Waals surface area contributed by atoms with Crippen LogP contribution in [0.4, 0.5) is 5.69 Å². The SMILES string of the molecule is Cc1ccccc1/C=N\Nc1ccccc1Cl. The molecule has 0 amide bonds. The minimum Gasteiger partial charge on any atom is -0.277 e. The quantitative estimate of drug-likeness (QED) is 0.638. The predicted octanol–water partition coefficient (Wildman–Crippen LogP) is 4.09. The summed E-state index contributed by atoms with van der Waals surface area (Å²) >= 11 is 6.00. The van der Waals surface area contributed by atoms with Crippen LogP contribution >= 0.6 is 11.6 Å². The van der Waals surface area contributed by atoms with Crippen LogP contribution in [0.5, 0.6) is 0 Å². The maximum atomic E-state index is 6.00. The van der Waals surface area contributed by atoms with E-state index in [1.165, 1.54) is 5.56 Å². The monoisotopic (exact) mass is 244 g/mol. The highest BCUT2D eigenvalue weighted by Gasteiger charge is 1.95. The van der Waals surface area contributed by atoms with Crippen LogP contribution < -0.4 is 5.43 Å². The molecule has 2 aromatic carbocycles. The number of para-hydroxylation sites is 1. The number of rotatable bonds is 3. The second kappa shape index (κ2) is 5.51. The third-order valence-corrected chi connectivity index (χ3v) is 2.78. The van der Waals surface area contributed by atoms with Crippen LogP contribution in [-0.2, 0) is 0 Å². The predicted molar refractivity (Wildman–Crippen MR) is 73.8 cm³/mol. The van der Waals surface area contributed by atoms with Gasteiger partial charge in [-0.05, 0) is 30.2 Å². The number of aryl methyl sites for hydroxylation is 1. The van der Waals surface area contributed by atoms with E-state index in [0.717, 1.165) is 11.3 Å². The smallest absolute Gasteiger partial charge is 0.0748 e. The first-order valence-corrected chi connectivity index (χ1v) is 5.74. The Hall–Kier alpha value is -1.80. The largest absolute Gasteiger partial charge is 0.277 e. The lowest BCUT2D eigenvalue weighted by molar-refractivity contribution is 1.34. The van der Waals surface area contributed by atoms with Gasteiger partial charge in [0.1, 0.15) is 0 Å². The number of hydrogen-bond acceptors (Lipinski definition) is 2. The van der Waals surface area contributed by atoms with E-state index in [0.29, 0.717) is 5.02 Å². The van der Waals surface area contributed by atoms with Gasteiger partial charge in [-0.2, -0.15) is 5.10 Å². The fourth-order valence-corrected chi connectivity index (χ4v) is 1.63. The highest BCUT2D eigenvalue weighted by atomic mass is 35.5. The summed E-state index contributed by atoms with van der Waals surface area (Å²) in [7, 11) is 0. The molecular formula is C14H13ClN2. The molecule has 2 nitrogen and oxygen atoms in total. The molecule has 0 aliphatic carbocycles. The van der Waals surface area contributed by atoms with Crippen molar-refractivity contribution in [2.75, 3.05) is 5.43 Å². The summed E-state index contributed by atoms with van der Waals surface area (Å²) in [5.41, 5.74) is 6.01. The summed E-state index contributed by atoms with van der Waals surface area (Å²) in [4.78, 5) is 0. The lowest BCUT2D eigenvalue weighted by atomic mass is 10.1. The van der Waals surface area contributed by atoms with Crippen LogP contribution in [0.15, 0.2) is 53.6 Å². The van der Waals surface area contributed by atoms with E-state index < -0.39 is 0 Å². The summed E-state index contributed by atoms with van der Waals surface area (Å²) in [6.07, 6.45) is 1.79. The molecule has 2 rings (SSSR count). The molecule has 0 aliphatic rings. The Bertz CT molecular complexity index is 535. The number of nitrogens with one attached hydrogen (secondary N) is 1. The molecule has 0 radical (unpaired) electrons. The van der Waals surface area contributed by atoms with Gasteiger partial charge >= 0.3 is 0 Å². The Labute approximate surface area is 106 Å². The topological polar surface area (TPSA) is 24.4 Å². The summed E-state index contributed by atoms with van der Waals surface area (Å²) in [5, 5.41) is 4.84. The fourth-order valence-electron chi connectivity index (χ4n) is 1.45. The van der Waals surface area contributed by atoms with Crippen molar-refractivity contribution < 1.29 is 0 Å². The van der Waals surface area contributed by atoms with Crippen LogP contribution in [0, 0.1) is 6.92 Å². The van der Waals surface area contributed by atoms with Gasteiger partial charge in [0.2, 0.25) is 0 Å². The van der Waals surface area contributed by atoms with Gasteiger partial charge in [-0.3, -0.25) is 5.43 Å². The Morgan fingerprint density at radius 3 is 2.53 bits per heavy atom. The molecular weight excluding hydrogens is 232 g/mol. The minimum absolute atomic E-state index is 0.662. The zero-order valence-corrected chi connectivity index (χ0v) is 10.3. The van der Waals surface area contributed by atoms with E-state index in [1.807, 2.05) is 42.5 Å². The molecule has 0 heterocycles. The van der Waals surface area contributed by atoms with Gasteiger partial charge in [0, 0.05) is 0 Å². The van der Waals surface area contributed by atoms with E-state index in [9.17, 15) is 0 Å². The maximum Gasteiger partial charge on any atom is 0.0748 e. The standard InChI is InChI=1S/C14H13ClN2/c1-11-6-2-3-7-12(11)10-16-17-14-9-5-4-8-13(14)15/h2-10,17H,1H3/b16-10-. The van der Waals surface area contributed by atoms with Gasteiger partial charge < -0.3 is 0 Å². The van der Waals surface area contributed by atoms with Gasteiger partial charge in [0.05, 0.1) is 16.9 Å². The zero-order chi connectivity index (χ0) is 12.1. The Morgan fingerprint density at radius 1 is 1.06 bits per heavy atom. The molecule has 1 N–H and O–H groups in total. The van der Waals surface area contributed by atoms with Crippen molar-refractivity contribution in [1.29, 1.82) is 0 Å². The molecule has 0 unspecified atom stereocenters. The van der Waals surface area contributed by atoms with Gasteiger partial charge in [-0.1, -0.05) is 48.0 Å². The number of nitrogens with zero attached hydrogens (tertiary/aromatic N) is 1. The number of hydrogen-bond donors (Lipinski definition) is 1. The molecule has 17 heavy (non-hydrogen) atoms. The number of anilines is 1. The molecule has 0 aromatic heterocycles. The van der Waals surface area contributed by atoms with Crippen molar-refractivity contribution in [1.82, 2.24) is 0 Å². The van der Waals surface area contributed by atoms with E-state index in [2.05, 4.69) is 23.5 Å². The van der Waals surface area contributed by atoms with Crippen LogP contribution in [0.1, 0.15) is 11.1 Å². The first kappa shape index (κ1) is 11.7. The molecule has 0 saturated heterocycles. The molecule has 0 aliphatic heterocycles. The van der Waals surface area contributed by atoms with Gasteiger partial charge in [-0.15, -0.1) is 0 Å². The van der Waals surface area contributed by atoms with E-state index >= 15 is 0 Å². The van der Waals surface area contributed by atoms with Gasteiger partial charge in [0.15, 0.2) is 0 Å². The molecule has 3 heteroatoms. The molecule has 86 valence electrons. The van der Waals surface area contributed by atoms with E-state index in [4.69, 9.17) is 11.6 Å². The maximum absolute atomic E-state index is 6.00. The number of halogens is 1. The third kappa shape index (κ3) is 3.08. The third-order valence-electron chi connectivity index (χ3n) is 2.45. The lowest BCUT2D eigenvalue weighted by Gasteiger charge is -2.02. The van der Waals surface area contributed by atoms with Crippen molar-refractivity contribution in [2.24, 2.45) is 5.10 Å². The molecule has 0 atom stereocenters. The molecule has 0 fully saturated rings. The van der Waals surface area contributed by atoms with E-state index in [1.54, 1.807) is 6.21 Å². The molecule has 0 spiro atoms. The van der Waals surface area contributed by atoms with Gasteiger partial charge in [0.25, 0.3) is 0 Å². The van der Waals surface area contributed by atoms with Crippen LogP contribution in [0.3, 0.4) is 0 Å². The second-order valence-electron chi connectivity index (χ2n) is 3.71. The summed E-state index contributed by atoms with van der Waals surface area (Å²) < 4.78 is 0. The Balaban J connectivity index is 2.09. The zero-order valence-electron chi connectivity index (χ0n) is 9.52. The van der Waals surface area contributed by atoms with Crippen molar-refractivity contribution in [2.45, 2.75) is 6.92 Å². The van der Waals surface area contributed by atoms with Crippen molar-refractivity contribution in [3.8, 4) is 0 Å². The first-order chi connectivity index (χ1) is 8.27. The summed E-state index contributed by atoms with van der Waals surface area (Å²) in [5.74, 6) is 0. The summed E-state index contributed by atoms with van der Waals surface area (Å²) in [6, 6.07) is 15.6. The normalized spacial score (nSPS) is 10.7. The van der Waals surface area contributed by atoms with Crippen molar-refractivity contribution in [3.05, 3.63) is 64.7 Å². The highest BCUT2D eigenvalue weighted by Crippen LogP contribution is 2.20. The van der Waals surface area contributed by atoms with Crippen LogP contribution in [-0.4, -0.2) is 6.21 Å². The highest BCUT2D eigenvalue weighted by molar-refractivity contribution is 6.33. The average molecular weight is 245 g/mol.